The minimum atomic E-state index is 0. The number of hydrogen-bond acceptors (Lipinski definition) is 4. The van der Waals surface area contributed by atoms with E-state index >= 15 is 0 Å². The summed E-state index contributed by atoms with van der Waals surface area (Å²) in [6.45, 7) is 9.30. The molecule has 2 aromatic rings. The van der Waals surface area contributed by atoms with Gasteiger partial charge in [-0.05, 0) is 12.8 Å². The molecule has 0 atom stereocenters. The highest BCUT2D eigenvalue weighted by atomic mass is 127. The topological polar surface area (TPSA) is 84.9 Å². The fourth-order valence-electron chi connectivity index (χ4n) is 2.18. The van der Waals surface area contributed by atoms with Crippen molar-refractivity contribution < 1.29 is 0 Å². The van der Waals surface area contributed by atoms with Crippen molar-refractivity contribution in [1.82, 2.24) is 34.9 Å². The summed E-state index contributed by atoms with van der Waals surface area (Å²) >= 11 is 0. The molecule has 2 N–H and O–H groups in total. The number of imidazole rings is 1. The van der Waals surface area contributed by atoms with E-state index in [2.05, 4.69) is 49.1 Å². The molecular weight excluding hydrogens is 419 g/mol. The van der Waals surface area contributed by atoms with Crippen LogP contribution in [0, 0.1) is 5.92 Å². The molecule has 0 spiro atoms. The van der Waals surface area contributed by atoms with E-state index in [1.807, 2.05) is 26.4 Å². The lowest BCUT2D eigenvalue weighted by atomic mass is 10.2. The third-order valence-electron chi connectivity index (χ3n) is 3.31. The number of nitrogens with one attached hydrogen (secondary N) is 2. The van der Waals surface area contributed by atoms with Gasteiger partial charge < -0.3 is 15.2 Å². The van der Waals surface area contributed by atoms with Gasteiger partial charge in [0.25, 0.3) is 0 Å². The molecule has 134 valence electrons. The van der Waals surface area contributed by atoms with Gasteiger partial charge in [-0.3, -0.25) is 4.68 Å². The van der Waals surface area contributed by atoms with Crippen molar-refractivity contribution in [3.8, 4) is 0 Å². The predicted molar refractivity (Wildman–Crippen MR) is 105 cm³/mol. The van der Waals surface area contributed by atoms with Crippen LogP contribution in [0.2, 0.25) is 0 Å². The monoisotopic (exact) mass is 446 g/mol. The Morgan fingerprint density at radius 2 is 2.04 bits per heavy atom. The second-order valence-corrected chi connectivity index (χ2v) is 5.74. The van der Waals surface area contributed by atoms with Crippen LogP contribution in [0.1, 0.15) is 32.4 Å². The molecule has 0 radical (unpaired) electrons. The maximum atomic E-state index is 4.54. The van der Waals surface area contributed by atoms with Gasteiger partial charge >= 0.3 is 0 Å². The van der Waals surface area contributed by atoms with Gasteiger partial charge in [0.2, 0.25) is 0 Å². The standard InChI is InChI=1S/C15H26N8.HI/c1-5-16-15(18-8-13-20-11-21-22(13)4)19-9-14-17-6-7-23(14)10-12(2)3;/h6-7,11-12H,5,8-10H2,1-4H3,(H2,16,18,19);1H. The summed E-state index contributed by atoms with van der Waals surface area (Å²) in [4.78, 5) is 13.1. The molecule has 24 heavy (non-hydrogen) atoms. The molecule has 0 aliphatic heterocycles. The number of nitrogens with zero attached hydrogens (tertiary/aromatic N) is 6. The van der Waals surface area contributed by atoms with Crippen molar-refractivity contribution in [3.05, 3.63) is 30.4 Å². The summed E-state index contributed by atoms with van der Waals surface area (Å²) < 4.78 is 3.90. The lowest BCUT2D eigenvalue weighted by Crippen LogP contribution is -2.37. The molecule has 9 heteroatoms. The van der Waals surface area contributed by atoms with Gasteiger partial charge in [0.1, 0.15) is 24.5 Å². The molecule has 0 aliphatic rings. The molecular formula is C15H27IN8. The van der Waals surface area contributed by atoms with Gasteiger partial charge in [-0.2, -0.15) is 5.10 Å². The molecule has 0 saturated carbocycles. The normalized spacial score (nSPS) is 11.5. The summed E-state index contributed by atoms with van der Waals surface area (Å²) in [7, 11) is 1.86. The molecule has 0 fully saturated rings. The minimum Gasteiger partial charge on any atom is -0.357 e. The van der Waals surface area contributed by atoms with Gasteiger partial charge in [0.05, 0.1) is 6.54 Å². The molecule has 2 heterocycles. The van der Waals surface area contributed by atoms with Gasteiger partial charge in [-0.25, -0.2) is 15.0 Å². The second kappa shape index (κ2) is 10.3. The van der Waals surface area contributed by atoms with Crippen molar-refractivity contribution in [2.24, 2.45) is 18.0 Å². The van der Waals surface area contributed by atoms with Crippen molar-refractivity contribution in [2.45, 2.75) is 40.4 Å². The molecule has 0 aromatic carbocycles. The molecule has 0 amide bonds. The summed E-state index contributed by atoms with van der Waals surface area (Å²) in [5, 5.41) is 10.6. The average molecular weight is 446 g/mol. The van der Waals surface area contributed by atoms with Crippen LogP contribution in [0.3, 0.4) is 0 Å². The lowest BCUT2D eigenvalue weighted by molar-refractivity contribution is 0.503. The Bertz CT molecular complexity index is 631. The molecule has 0 aliphatic carbocycles. The zero-order valence-electron chi connectivity index (χ0n) is 14.7. The molecule has 0 bridgehead atoms. The largest absolute Gasteiger partial charge is 0.357 e. The predicted octanol–water partition coefficient (Wildman–Crippen LogP) is 1.54. The average Bonchev–Trinajstić information content (AvgIpc) is 3.10. The van der Waals surface area contributed by atoms with E-state index in [4.69, 9.17) is 0 Å². The van der Waals surface area contributed by atoms with E-state index in [9.17, 15) is 0 Å². The first-order chi connectivity index (χ1) is 11.1. The summed E-state index contributed by atoms with van der Waals surface area (Å²) in [6.07, 6.45) is 5.39. The Hall–Kier alpha value is -1.65. The van der Waals surface area contributed by atoms with Gasteiger partial charge in [0.15, 0.2) is 5.96 Å². The number of hydrogen-bond donors (Lipinski definition) is 2. The molecule has 2 rings (SSSR count). The first-order valence-electron chi connectivity index (χ1n) is 7.95. The Morgan fingerprint density at radius 3 is 2.67 bits per heavy atom. The van der Waals surface area contributed by atoms with E-state index in [0.29, 0.717) is 19.0 Å². The molecule has 0 saturated heterocycles. The number of aliphatic imine (C=N–C) groups is 1. The zero-order chi connectivity index (χ0) is 16.7. The number of guanidine groups is 1. The molecule has 8 nitrogen and oxygen atoms in total. The highest BCUT2D eigenvalue weighted by Crippen LogP contribution is 2.03. The van der Waals surface area contributed by atoms with Crippen LogP contribution in [-0.4, -0.2) is 36.8 Å². The smallest absolute Gasteiger partial charge is 0.192 e. The third-order valence-corrected chi connectivity index (χ3v) is 3.31. The lowest BCUT2D eigenvalue weighted by Gasteiger charge is -2.13. The maximum absolute atomic E-state index is 4.54. The summed E-state index contributed by atoms with van der Waals surface area (Å²) in [5.41, 5.74) is 0. The van der Waals surface area contributed by atoms with Crippen molar-refractivity contribution >= 4 is 29.9 Å². The number of rotatable bonds is 7. The first kappa shape index (κ1) is 20.4. The molecule has 0 unspecified atom stereocenters. The fraction of sp³-hybridized carbons (Fsp3) is 0.600. The van der Waals surface area contributed by atoms with E-state index in [-0.39, 0.29) is 24.0 Å². The van der Waals surface area contributed by atoms with Crippen LogP contribution in [-0.2, 0) is 26.7 Å². The van der Waals surface area contributed by atoms with Crippen LogP contribution < -0.4 is 10.6 Å². The quantitative estimate of drug-likeness (QED) is 0.383. The Labute approximate surface area is 160 Å². The fourth-order valence-corrected chi connectivity index (χ4v) is 2.18. The number of aryl methyl sites for hydroxylation is 1. The van der Waals surface area contributed by atoms with E-state index < -0.39 is 0 Å². The van der Waals surface area contributed by atoms with Crippen LogP contribution in [0.15, 0.2) is 23.7 Å². The van der Waals surface area contributed by atoms with Crippen molar-refractivity contribution in [1.29, 1.82) is 0 Å². The highest BCUT2D eigenvalue weighted by molar-refractivity contribution is 14.0. The van der Waals surface area contributed by atoms with Crippen LogP contribution in [0.25, 0.3) is 0 Å². The van der Waals surface area contributed by atoms with Gasteiger partial charge in [-0.15, -0.1) is 24.0 Å². The summed E-state index contributed by atoms with van der Waals surface area (Å²) in [5.74, 6) is 3.15. The third kappa shape index (κ3) is 6.10. The zero-order valence-corrected chi connectivity index (χ0v) is 17.1. The van der Waals surface area contributed by atoms with Crippen molar-refractivity contribution in [2.75, 3.05) is 6.54 Å². The van der Waals surface area contributed by atoms with Crippen LogP contribution in [0.5, 0.6) is 0 Å². The number of aromatic nitrogens is 5. The van der Waals surface area contributed by atoms with E-state index in [1.54, 1.807) is 4.68 Å². The SMILES string of the molecule is CCNC(=NCc1ncnn1C)NCc1nccn1CC(C)C.I. The van der Waals surface area contributed by atoms with Crippen molar-refractivity contribution in [3.63, 3.8) is 0 Å². The van der Waals surface area contributed by atoms with E-state index in [0.717, 1.165) is 30.7 Å². The van der Waals surface area contributed by atoms with Crippen LogP contribution in [0.4, 0.5) is 0 Å². The Morgan fingerprint density at radius 1 is 1.25 bits per heavy atom. The summed E-state index contributed by atoms with van der Waals surface area (Å²) in [6, 6.07) is 0. The van der Waals surface area contributed by atoms with Gasteiger partial charge in [0, 0.05) is 32.5 Å². The van der Waals surface area contributed by atoms with Crippen LogP contribution >= 0.6 is 24.0 Å². The van der Waals surface area contributed by atoms with Gasteiger partial charge in [-0.1, -0.05) is 13.8 Å². The Kier molecular flexibility index (Phi) is 8.72. The second-order valence-electron chi connectivity index (χ2n) is 5.74. The number of halogens is 1. The molecule has 2 aromatic heterocycles. The first-order valence-corrected chi connectivity index (χ1v) is 7.95. The maximum Gasteiger partial charge on any atom is 0.192 e. The Balaban J connectivity index is 0.00000288. The minimum absolute atomic E-state index is 0. The highest BCUT2D eigenvalue weighted by Gasteiger charge is 2.06. The van der Waals surface area contributed by atoms with E-state index in [1.165, 1.54) is 6.33 Å².